The van der Waals surface area contributed by atoms with Gasteiger partial charge in [0.2, 0.25) is 0 Å². The van der Waals surface area contributed by atoms with Crippen molar-refractivity contribution in [3.8, 4) is 0 Å². The van der Waals surface area contributed by atoms with E-state index in [1.54, 1.807) is 30.2 Å². The maximum absolute atomic E-state index is 13.0. The summed E-state index contributed by atoms with van der Waals surface area (Å²) in [6.45, 7) is 4.70. The highest BCUT2D eigenvalue weighted by Crippen LogP contribution is 2.29. The van der Waals surface area contributed by atoms with E-state index in [4.69, 9.17) is 4.74 Å². The molecule has 0 aliphatic rings. The molecule has 0 spiro atoms. The Hall–Kier alpha value is -2.97. The molecule has 0 radical (unpaired) electrons. The van der Waals surface area contributed by atoms with E-state index in [2.05, 4.69) is 5.32 Å². The molecule has 1 aromatic heterocycles. The summed E-state index contributed by atoms with van der Waals surface area (Å²) < 4.78 is 45.6. The Morgan fingerprint density at radius 1 is 1.16 bits per heavy atom. The number of hydrogen-bond donors (Lipinski definition) is 1. The number of urea groups is 1. The summed E-state index contributed by atoms with van der Waals surface area (Å²) in [6, 6.07) is 8.42. The van der Waals surface area contributed by atoms with Gasteiger partial charge in [0.05, 0.1) is 18.7 Å². The summed E-state index contributed by atoms with van der Waals surface area (Å²) in [4.78, 5) is 25.7. The maximum atomic E-state index is 13.0. The molecular weight excluding hydrogens is 411 g/mol. The third kappa shape index (κ3) is 7.66. The Bertz CT molecular complexity index is 865. The van der Waals surface area contributed by atoms with Gasteiger partial charge in [0, 0.05) is 25.0 Å². The van der Waals surface area contributed by atoms with Crippen LogP contribution in [0.15, 0.2) is 42.6 Å². The summed E-state index contributed by atoms with van der Waals surface area (Å²) in [5.41, 5.74) is 0.598. The van der Waals surface area contributed by atoms with Crippen molar-refractivity contribution in [2.45, 2.75) is 46.0 Å². The fraction of sp³-hybridized carbons (Fsp3) is 0.455. The number of alkyl halides is 3. The van der Waals surface area contributed by atoms with Crippen molar-refractivity contribution in [3.05, 3.63) is 59.4 Å². The van der Waals surface area contributed by atoms with Gasteiger partial charge in [0.25, 0.3) is 0 Å². The minimum Gasteiger partial charge on any atom is -0.465 e. The molecule has 0 aliphatic heterocycles. The van der Waals surface area contributed by atoms with Crippen molar-refractivity contribution < 1.29 is 27.5 Å². The minimum atomic E-state index is -4.40. The van der Waals surface area contributed by atoms with Crippen LogP contribution in [0.3, 0.4) is 0 Å². The first-order chi connectivity index (χ1) is 14.7. The van der Waals surface area contributed by atoms with Gasteiger partial charge in [-0.05, 0) is 43.2 Å². The molecule has 2 amide bonds. The zero-order valence-corrected chi connectivity index (χ0v) is 17.7. The number of halogens is 3. The number of esters is 1. The average molecular weight is 439 g/mol. The van der Waals surface area contributed by atoms with Crippen LogP contribution in [0.2, 0.25) is 0 Å². The SMILES string of the molecule is CCCCN(Cc1cccn1Cc1cccc(C(F)(F)F)c1)C(=O)NCC(=O)OCC. The van der Waals surface area contributed by atoms with Gasteiger partial charge < -0.3 is 19.5 Å². The number of aromatic nitrogens is 1. The van der Waals surface area contributed by atoms with Crippen LogP contribution in [0, 0.1) is 0 Å². The molecule has 2 aromatic rings. The van der Waals surface area contributed by atoms with Crippen molar-refractivity contribution in [1.82, 2.24) is 14.8 Å². The fourth-order valence-corrected chi connectivity index (χ4v) is 3.06. The number of nitrogens with one attached hydrogen (secondary N) is 1. The first-order valence-electron chi connectivity index (χ1n) is 10.2. The van der Waals surface area contributed by atoms with E-state index < -0.39 is 23.7 Å². The first-order valence-corrected chi connectivity index (χ1v) is 10.2. The van der Waals surface area contributed by atoms with Crippen LogP contribution in [0.5, 0.6) is 0 Å². The van der Waals surface area contributed by atoms with Gasteiger partial charge >= 0.3 is 18.2 Å². The monoisotopic (exact) mass is 439 g/mol. The number of carbonyl (C=O) groups excluding carboxylic acids is 2. The van der Waals surface area contributed by atoms with Crippen molar-refractivity contribution >= 4 is 12.0 Å². The number of carbonyl (C=O) groups is 2. The standard InChI is InChI=1S/C22H28F3N3O3/c1-3-5-11-28(21(30)26-14-20(29)31-4-2)16-19-10-7-12-27(19)15-17-8-6-9-18(13-17)22(23,24)25/h6-10,12-13H,3-5,11,14-16H2,1-2H3,(H,26,30). The lowest BCUT2D eigenvalue weighted by molar-refractivity contribution is -0.142. The molecule has 6 nitrogen and oxygen atoms in total. The predicted octanol–water partition coefficient (Wildman–Crippen LogP) is 4.43. The molecule has 0 saturated heterocycles. The van der Waals surface area contributed by atoms with E-state index in [0.29, 0.717) is 12.1 Å². The Balaban J connectivity index is 2.10. The number of benzene rings is 1. The molecule has 0 bridgehead atoms. The van der Waals surface area contributed by atoms with Gasteiger partial charge in [-0.2, -0.15) is 13.2 Å². The molecular formula is C22H28F3N3O3. The highest BCUT2D eigenvalue weighted by Gasteiger charge is 2.30. The lowest BCUT2D eigenvalue weighted by Gasteiger charge is -2.24. The third-order valence-corrected chi connectivity index (χ3v) is 4.64. The van der Waals surface area contributed by atoms with Gasteiger partial charge in [-0.1, -0.05) is 25.5 Å². The van der Waals surface area contributed by atoms with Gasteiger partial charge in [-0.15, -0.1) is 0 Å². The molecule has 0 aliphatic carbocycles. The predicted molar refractivity (Wildman–Crippen MR) is 110 cm³/mol. The molecule has 0 fully saturated rings. The van der Waals surface area contributed by atoms with E-state index in [9.17, 15) is 22.8 Å². The Kier molecular flexibility index (Phi) is 8.96. The van der Waals surface area contributed by atoms with Crippen LogP contribution in [0.4, 0.5) is 18.0 Å². The topological polar surface area (TPSA) is 63.6 Å². The summed E-state index contributed by atoms with van der Waals surface area (Å²) in [5.74, 6) is -0.515. The molecule has 2 rings (SSSR count). The number of unbranched alkanes of at least 4 members (excludes halogenated alkanes) is 1. The van der Waals surface area contributed by atoms with Crippen LogP contribution in [-0.2, 0) is 28.8 Å². The third-order valence-electron chi connectivity index (χ3n) is 4.64. The van der Waals surface area contributed by atoms with Gasteiger partial charge in [0.15, 0.2) is 0 Å². The Morgan fingerprint density at radius 2 is 1.94 bits per heavy atom. The number of nitrogens with zero attached hydrogens (tertiary/aromatic N) is 2. The second-order valence-electron chi connectivity index (χ2n) is 7.06. The van der Waals surface area contributed by atoms with Crippen molar-refractivity contribution in [1.29, 1.82) is 0 Å². The quantitative estimate of drug-likeness (QED) is 0.557. The average Bonchev–Trinajstić information content (AvgIpc) is 3.15. The van der Waals surface area contributed by atoms with Gasteiger partial charge in [-0.3, -0.25) is 4.79 Å². The Morgan fingerprint density at radius 3 is 2.61 bits per heavy atom. The molecule has 0 unspecified atom stereocenters. The van der Waals surface area contributed by atoms with Crippen LogP contribution in [-0.4, -0.2) is 41.2 Å². The van der Waals surface area contributed by atoms with Crippen LogP contribution >= 0.6 is 0 Å². The molecule has 1 N–H and O–H groups in total. The smallest absolute Gasteiger partial charge is 0.416 e. The van der Waals surface area contributed by atoms with Crippen LogP contribution in [0.25, 0.3) is 0 Å². The number of ether oxygens (including phenoxy) is 1. The fourth-order valence-electron chi connectivity index (χ4n) is 3.06. The van der Waals surface area contributed by atoms with E-state index in [1.165, 1.54) is 6.07 Å². The molecule has 170 valence electrons. The Labute approximate surface area is 180 Å². The van der Waals surface area contributed by atoms with E-state index in [-0.39, 0.29) is 26.2 Å². The number of hydrogen-bond acceptors (Lipinski definition) is 3. The summed E-state index contributed by atoms with van der Waals surface area (Å²) in [7, 11) is 0. The van der Waals surface area contributed by atoms with Gasteiger partial charge in [-0.25, -0.2) is 4.79 Å². The lowest BCUT2D eigenvalue weighted by Crippen LogP contribution is -2.42. The zero-order valence-electron chi connectivity index (χ0n) is 17.7. The summed E-state index contributed by atoms with van der Waals surface area (Å²) in [5, 5.41) is 2.56. The molecule has 9 heteroatoms. The number of amides is 2. The molecule has 31 heavy (non-hydrogen) atoms. The second-order valence-corrected chi connectivity index (χ2v) is 7.06. The van der Waals surface area contributed by atoms with E-state index >= 15 is 0 Å². The van der Waals surface area contributed by atoms with Crippen LogP contribution in [0.1, 0.15) is 43.5 Å². The normalized spacial score (nSPS) is 11.3. The van der Waals surface area contributed by atoms with E-state index in [0.717, 1.165) is 30.7 Å². The summed E-state index contributed by atoms with van der Waals surface area (Å²) in [6.07, 6.45) is -0.971. The zero-order chi connectivity index (χ0) is 22.9. The van der Waals surface area contributed by atoms with Crippen molar-refractivity contribution in [2.75, 3.05) is 19.7 Å². The van der Waals surface area contributed by atoms with Gasteiger partial charge in [0.1, 0.15) is 6.54 Å². The van der Waals surface area contributed by atoms with E-state index in [1.807, 2.05) is 17.6 Å². The molecule has 0 saturated carbocycles. The van der Waals surface area contributed by atoms with Crippen molar-refractivity contribution in [3.63, 3.8) is 0 Å². The minimum absolute atomic E-state index is 0.222. The maximum Gasteiger partial charge on any atom is 0.416 e. The summed E-state index contributed by atoms with van der Waals surface area (Å²) >= 11 is 0. The van der Waals surface area contributed by atoms with Crippen molar-refractivity contribution in [2.24, 2.45) is 0 Å². The second kappa shape index (κ2) is 11.4. The molecule has 1 heterocycles. The molecule has 1 aromatic carbocycles. The largest absolute Gasteiger partial charge is 0.465 e. The first kappa shape index (κ1) is 24.3. The highest BCUT2D eigenvalue weighted by molar-refractivity contribution is 5.80. The number of rotatable bonds is 10. The van der Waals surface area contributed by atoms with Crippen LogP contribution < -0.4 is 5.32 Å². The molecule has 0 atom stereocenters. The highest BCUT2D eigenvalue weighted by atomic mass is 19.4. The lowest BCUT2D eigenvalue weighted by atomic mass is 10.1.